The minimum atomic E-state index is -0.900. The van der Waals surface area contributed by atoms with Crippen LogP contribution in [0.4, 0.5) is 0 Å². The van der Waals surface area contributed by atoms with Crippen LogP contribution in [0.1, 0.15) is 50.2 Å². The molecule has 1 heteroatoms. The molecule has 1 nitrogen and oxygen atoms in total. The van der Waals surface area contributed by atoms with E-state index >= 15 is 0 Å². The molecule has 1 N–H and O–H groups in total. The van der Waals surface area contributed by atoms with E-state index in [0.717, 1.165) is 44.1 Å². The Kier molecular flexibility index (Phi) is 3.86. The number of rotatable bonds is 2. The molecule has 1 unspecified atom stereocenters. The van der Waals surface area contributed by atoms with Gasteiger partial charge in [0, 0.05) is 6.42 Å². The summed E-state index contributed by atoms with van der Waals surface area (Å²) in [5.41, 5.74) is 1.38. The SMILES string of the molecule is CCCCC#CC1(O)CCCc2ccccc21. The Morgan fingerprint density at radius 2 is 2.18 bits per heavy atom. The van der Waals surface area contributed by atoms with E-state index in [4.69, 9.17) is 0 Å². The summed E-state index contributed by atoms with van der Waals surface area (Å²) in [6.45, 7) is 2.16. The lowest BCUT2D eigenvalue weighted by Crippen LogP contribution is -2.28. The van der Waals surface area contributed by atoms with Crippen LogP contribution in [-0.2, 0) is 12.0 Å². The molecule has 0 saturated carbocycles. The maximum Gasteiger partial charge on any atom is 0.151 e. The standard InChI is InChI=1S/C16H20O/c1-2-3-4-7-12-16(17)13-8-10-14-9-5-6-11-15(14)16/h5-6,9,11,17H,2-4,8,10,13H2,1H3. The van der Waals surface area contributed by atoms with Gasteiger partial charge < -0.3 is 5.11 Å². The summed E-state index contributed by atoms with van der Waals surface area (Å²) in [6, 6.07) is 8.15. The molecule has 0 saturated heterocycles. The van der Waals surface area contributed by atoms with Gasteiger partial charge in [-0.1, -0.05) is 49.5 Å². The number of hydrogen-bond donors (Lipinski definition) is 1. The van der Waals surface area contributed by atoms with Crippen molar-refractivity contribution >= 4 is 0 Å². The van der Waals surface area contributed by atoms with Crippen molar-refractivity contribution in [2.24, 2.45) is 0 Å². The summed E-state index contributed by atoms with van der Waals surface area (Å²) >= 11 is 0. The highest BCUT2D eigenvalue weighted by atomic mass is 16.3. The third-order valence-electron chi connectivity index (χ3n) is 3.40. The average Bonchev–Trinajstić information content (AvgIpc) is 2.36. The Hall–Kier alpha value is -1.26. The van der Waals surface area contributed by atoms with Crippen LogP contribution in [0.5, 0.6) is 0 Å². The van der Waals surface area contributed by atoms with Crippen molar-refractivity contribution in [1.29, 1.82) is 0 Å². The Balaban J connectivity index is 2.23. The third-order valence-corrected chi connectivity index (χ3v) is 3.40. The Bertz CT molecular complexity index is 438. The van der Waals surface area contributed by atoms with Gasteiger partial charge in [-0.25, -0.2) is 0 Å². The molecule has 1 atom stereocenters. The predicted octanol–water partition coefficient (Wildman–Crippen LogP) is 3.40. The van der Waals surface area contributed by atoms with E-state index in [0.29, 0.717) is 0 Å². The summed E-state index contributed by atoms with van der Waals surface area (Å²) < 4.78 is 0. The number of hydrogen-bond acceptors (Lipinski definition) is 1. The van der Waals surface area contributed by atoms with Crippen molar-refractivity contribution in [2.45, 2.75) is 51.0 Å². The summed E-state index contributed by atoms with van der Waals surface area (Å²) in [5.74, 6) is 6.23. The average molecular weight is 228 g/mol. The molecule has 1 aromatic carbocycles. The van der Waals surface area contributed by atoms with Gasteiger partial charge in [-0.2, -0.15) is 0 Å². The molecule has 0 radical (unpaired) electrons. The van der Waals surface area contributed by atoms with Crippen molar-refractivity contribution < 1.29 is 5.11 Å². The molecule has 0 aliphatic heterocycles. The van der Waals surface area contributed by atoms with Gasteiger partial charge in [-0.3, -0.25) is 0 Å². The molecule has 2 rings (SSSR count). The smallest absolute Gasteiger partial charge is 0.151 e. The normalized spacial score (nSPS) is 22.5. The van der Waals surface area contributed by atoms with Crippen LogP contribution >= 0.6 is 0 Å². The highest BCUT2D eigenvalue weighted by Crippen LogP contribution is 2.34. The first-order valence-corrected chi connectivity index (χ1v) is 6.57. The minimum Gasteiger partial charge on any atom is -0.373 e. The molecular weight excluding hydrogens is 208 g/mol. The fourth-order valence-corrected chi connectivity index (χ4v) is 2.41. The first-order chi connectivity index (χ1) is 8.26. The van der Waals surface area contributed by atoms with Crippen molar-refractivity contribution in [3.05, 3.63) is 35.4 Å². The molecule has 0 heterocycles. The first-order valence-electron chi connectivity index (χ1n) is 6.57. The maximum atomic E-state index is 10.6. The van der Waals surface area contributed by atoms with E-state index in [-0.39, 0.29) is 0 Å². The third kappa shape index (κ3) is 2.70. The van der Waals surface area contributed by atoms with E-state index < -0.39 is 5.60 Å². The van der Waals surface area contributed by atoms with Gasteiger partial charge in [0.2, 0.25) is 0 Å². The molecule has 1 aliphatic carbocycles. The zero-order chi connectivity index (χ0) is 12.1. The van der Waals surface area contributed by atoms with Crippen molar-refractivity contribution in [1.82, 2.24) is 0 Å². The zero-order valence-electron chi connectivity index (χ0n) is 10.5. The summed E-state index contributed by atoms with van der Waals surface area (Å²) in [6.07, 6.45) is 6.02. The summed E-state index contributed by atoms with van der Waals surface area (Å²) in [5, 5.41) is 10.6. The second-order valence-corrected chi connectivity index (χ2v) is 4.78. The van der Waals surface area contributed by atoms with Gasteiger partial charge in [0.05, 0.1) is 0 Å². The van der Waals surface area contributed by atoms with E-state index in [9.17, 15) is 5.11 Å². The lowest BCUT2D eigenvalue weighted by molar-refractivity contribution is 0.0803. The molecule has 1 aromatic rings. The Morgan fingerprint density at radius 1 is 1.35 bits per heavy atom. The Labute approximate surface area is 104 Å². The fourth-order valence-electron chi connectivity index (χ4n) is 2.41. The van der Waals surface area contributed by atoms with Crippen LogP contribution in [0.3, 0.4) is 0 Å². The molecule has 17 heavy (non-hydrogen) atoms. The van der Waals surface area contributed by atoms with Gasteiger partial charge >= 0.3 is 0 Å². The lowest BCUT2D eigenvalue weighted by Gasteiger charge is -2.29. The van der Waals surface area contributed by atoms with Gasteiger partial charge in [-0.15, -0.1) is 0 Å². The first kappa shape index (κ1) is 12.2. The molecule has 0 spiro atoms. The maximum absolute atomic E-state index is 10.6. The predicted molar refractivity (Wildman–Crippen MR) is 70.6 cm³/mol. The zero-order valence-corrected chi connectivity index (χ0v) is 10.5. The van der Waals surface area contributed by atoms with E-state index in [2.05, 4.69) is 24.8 Å². The number of fused-ring (bicyclic) bond motifs is 1. The number of aliphatic hydroxyl groups is 1. The van der Waals surface area contributed by atoms with Gasteiger partial charge in [0.25, 0.3) is 0 Å². The molecular formula is C16H20O. The van der Waals surface area contributed by atoms with Gasteiger partial charge in [0.15, 0.2) is 5.60 Å². The molecule has 0 aromatic heterocycles. The van der Waals surface area contributed by atoms with E-state index in [1.807, 2.05) is 18.2 Å². The monoisotopic (exact) mass is 228 g/mol. The summed E-state index contributed by atoms with van der Waals surface area (Å²) in [4.78, 5) is 0. The molecule has 90 valence electrons. The minimum absolute atomic E-state index is 0.767. The Morgan fingerprint density at radius 3 is 3.00 bits per heavy atom. The van der Waals surface area contributed by atoms with E-state index in [1.165, 1.54) is 5.56 Å². The topological polar surface area (TPSA) is 20.2 Å². The fraction of sp³-hybridized carbons (Fsp3) is 0.500. The van der Waals surface area contributed by atoms with Crippen LogP contribution < -0.4 is 0 Å². The molecule has 0 amide bonds. The van der Waals surface area contributed by atoms with E-state index in [1.54, 1.807) is 0 Å². The van der Waals surface area contributed by atoms with Crippen molar-refractivity contribution in [2.75, 3.05) is 0 Å². The highest BCUT2D eigenvalue weighted by Gasteiger charge is 2.31. The van der Waals surface area contributed by atoms with Crippen LogP contribution in [0, 0.1) is 11.8 Å². The van der Waals surface area contributed by atoms with Crippen molar-refractivity contribution in [3.8, 4) is 11.8 Å². The number of unbranched alkanes of at least 4 members (excludes halogenated alkanes) is 2. The van der Waals surface area contributed by atoms with Crippen LogP contribution in [0.15, 0.2) is 24.3 Å². The second-order valence-electron chi connectivity index (χ2n) is 4.78. The number of aryl methyl sites for hydroxylation is 1. The van der Waals surface area contributed by atoms with Gasteiger partial charge in [-0.05, 0) is 36.8 Å². The van der Waals surface area contributed by atoms with Crippen LogP contribution in [0.25, 0.3) is 0 Å². The lowest BCUT2D eigenvalue weighted by atomic mass is 9.79. The molecule has 0 fully saturated rings. The molecule has 1 aliphatic rings. The quantitative estimate of drug-likeness (QED) is 0.607. The van der Waals surface area contributed by atoms with Crippen LogP contribution in [0.2, 0.25) is 0 Å². The summed E-state index contributed by atoms with van der Waals surface area (Å²) in [7, 11) is 0. The number of benzene rings is 1. The highest BCUT2D eigenvalue weighted by molar-refractivity contribution is 5.40. The molecule has 0 bridgehead atoms. The second kappa shape index (κ2) is 5.38. The van der Waals surface area contributed by atoms with Gasteiger partial charge in [0.1, 0.15) is 0 Å². The van der Waals surface area contributed by atoms with Crippen LogP contribution in [-0.4, -0.2) is 5.11 Å². The van der Waals surface area contributed by atoms with Crippen molar-refractivity contribution in [3.63, 3.8) is 0 Å². The largest absolute Gasteiger partial charge is 0.373 e.